The fourth-order valence-corrected chi connectivity index (χ4v) is 5.33. The summed E-state index contributed by atoms with van der Waals surface area (Å²) < 4.78 is 36.1. The molecule has 9 heteroatoms. The molecule has 0 aromatic heterocycles. The van der Waals surface area contributed by atoms with Crippen molar-refractivity contribution in [1.29, 1.82) is 0 Å². The maximum Gasteiger partial charge on any atom is 0.265 e. The van der Waals surface area contributed by atoms with E-state index in [-0.39, 0.29) is 11.3 Å². The molecule has 0 fully saturated rings. The fourth-order valence-electron chi connectivity index (χ4n) is 3.67. The topological polar surface area (TPSA) is 105 Å². The Bertz CT molecular complexity index is 1000. The summed E-state index contributed by atoms with van der Waals surface area (Å²) in [5.74, 6) is 0.201. The van der Waals surface area contributed by atoms with Crippen LogP contribution in [0, 0.1) is 0 Å². The maximum absolute atomic E-state index is 13.4. The van der Waals surface area contributed by atoms with Gasteiger partial charge in [-0.3, -0.25) is 10.0 Å². The number of nitrogens with zero attached hydrogens (tertiary/aromatic N) is 1. The number of nitrogens with one attached hydrogen (secondary N) is 1. The molecule has 34 heavy (non-hydrogen) atoms. The molecule has 2 aromatic rings. The predicted molar refractivity (Wildman–Crippen MR) is 131 cm³/mol. The largest absolute Gasteiger partial charge is 0.494 e. The highest BCUT2D eigenvalue weighted by molar-refractivity contribution is 7.93. The predicted octanol–water partition coefficient (Wildman–Crippen LogP) is 3.48. The number of hydrogen-bond donors (Lipinski definition) is 2. The Morgan fingerprint density at radius 1 is 0.971 bits per heavy atom. The van der Waals surface area contributed by atoms with E-state index in [0.29, 0.717) is 30.3 Å². The van der Waals surface area contributed by atoms with Gasteiger partial charge in [0.05, 0.1) is 18.1 Å². The van der Waals surface area contributed by atoms with Crippen LogP contribution in [0.5, 0.6) is 11.5 Å². The molecule has 188 valence electrons. The van der Waals surface area contributed by atoms with Crippen molar-refractivity contribution >= 4 is 15.7 Å². The summed E-state index contributed by atoms with van der Waals surface area (Å²) in [6.07, 6.45) is 0.773. The first-order valence-electron chi connectivity index (χ1n) is 11.6. The van der Waals surface area contributed by atoms with E-state index in [1.807, 2.05) is 6.92 Å². The summed E-state index contributed by atoms with van der Waals surface area (Å²) >= 11 is 0. The van der Waals surface area contributed by atoms with Crippen LogP contribution in [0.2, 0.25) is 0 Å². The molecular weight excluding hydrogens is 456 g/mol. The van der Waals surface area contributed by atoms with E-state index in [4.69, 9.17) is 9.47 Å². The molecule has 1 amide bonds. The van der Waals surface area contributed by atoms with Gasteiger partial charge in [0.15, 0.2) is 14.6 Å². The lowest BCUT2D eigenvalue weighted by Crippen LogP contribution is -2.51. The second-order valence-corrected chi connectivity index (χ2v) is 10.5. The number of carbonyl (C=O) groups is 1. The third-order valence-corrected chi connectivity index (χ3v) is 8.28. The van der Waals surface area contributed by atoms with Gasteiger partial charge in [-0.25, -0.2) is 13.9 Å². The summed E-state index contributed by atoms with van der Waals surface area (Å²) in [6, 6.07) is 12.9. The Balaban J connectivity index is 2.15. The highest BCUT2D eigenvalue weighted by atomic mass is 32.2. The Kier molecular flexibility index (Phi) is 10.3. The summed E-state index contributed by atoms with van der Waals surface area (Å²) in [7, 11) is -4.15. The van der Waals surface area contributed by atoms with Crippen LogP contribution in [0.3, 0.4) is 0 Å². The number of hydroxylamine groups is 1. The van der Waals surface area contributed by atoms with Crippen molar-refractivity contribution in [2.24, 2.45) is 0 Å². The van der Waals surface area contributed by atoms with Gasteiger partial charge in [0, 0.05) is 13.0 Å². The van der Waals surface area contributed by atoms with E-state index >= 15 is 0 Å². The zero-order chi connectivity index (χ0) is 25.2. The van der Waals surface area contributed by atoms with Crippen LogP contribution < -0.4 is 15.0 Å². The van der Waals surface area contributed by atoms with E-state index in [2.05, 4.69) is 18.7 Å². The highest BCUT2D eigenvalue weighted by Gasteiger charge is 2.47. The number of carbonyl (C=O) groups excluding carboxylic acids is 1. The van der Waals surface area contributed by atoms with Gasteiger partial charge in [0.1, 0.15) is 11.5 Å². The summed E-state index contributed by atoms with van der Waals surface area (Å²) in [5, 5.41) is 9.30. The van der Waals surface area contributed by atoms with Crippen molar-refractivity contribution in [3.63, 3.8) is 0 Å². The monoisotopic (exact) mass is 492 g/mol. The molecule has 2 aromatic carbocycles. The first-order valence-corrected chi connectivity index (χ1v) is 13.1. The molecule has 0 aliphatic rings. The molecular formula is C25H36N2O6S. The van der Waals surface area contributed by atoms with Crippen LogP contribution >= 0.6 is 0 Å². The smallest absolute Gasteiger partial charge is 0.265 e. The van der Waals surface area contributed by atoms with Crippen LogP contribution in [0.4, 0.5) is 0 Å². The molecule has 2 N–H and O–H groups in total. The highest BCUT2D eigenvalue weighted by Crippen LogP contribution is 2.31. The zero-order valence-electron chi connectivity index (χ0n) is 20.4. The zero-order valence-corrected chi connectivity index (χ0v) is 21.2. The Hall–Kier alpha value is -2.62. The van der Waals surface area contributed by atoms with E-state index < -0.39 is 20.5 Å². The third kappa shape index (κ3) is 6.71. The third-order valence-electron chi connectivity index (χ3n) is 5.87. The van der Waals surface area contributed by atoms with Crippen LogP contribution in [-0.4, -0.2) is 62.0 Å². The van der Waals surface area contributed by atoms with Crippen LogP contribution in [0.25, 0.3) is 0 Å². The fraction of sp³-hybridized carbons (Fsp3) is 0.480. The summed E-state index contributed by atoms with van der Waals surface area (Å²) in [4.78, 5) is 14.9. The van der Waals surface area contributed by atoms with Gasteiger partial charge in [-0.1, -0.05) is 26.0 Å². The van der Waals surface area contributed by atoms with Gasteiger partial charge >= 0.3 is 0 Å². The van der Waals surface area contributed by atoms with Gasteiger partial charge in [0.2, 0.25) is 0 Å². The Morgan fingerprint density at radius 2 is 1.53 bits per heavy atom. The average Bonchev–Trinajstić information content (AvgIpc) is 2.85. The standard InChI is InChI=1S/C25H36N2O6S/c1-5-27(6-2)17-8-18-33-22-11-9-20(10-12-22)19-25(4,24(28)26-29)34(30,31)23-15-13-21(14-16-23)32-7-3/h9-16,29H,5-8,17-19H2,1-4H3,(H,26,28). The molecule has 1 atom stereocenters. The SMILES string of the molecule is CCOc1ccc(S(=O)(=O)C(C)(Cc2ccc(OCCCN(CC)CC)cc2)C(=O)NO)cc1. The van der Waals surface area contributed by atoms with Crippen LogP contribution in [0.1, 0.15) is 39.7 Å². The van der Waals surface area contributed by atoms with Gasteiger partial charge < -0.3 is 14.4 Å². The quantitative estimate of drug-likeness (QED) is 0.236. The van der Waals surface area contributed by atoms with E-state index in [1.165, 1.54) is 24.5 Å². The summed E-state index contributed by atoms with van der Waals surface area (Å²) in [6.45, 7) is 11.4. The van der Waals surface area contributed by atoms with E-state index in [9.17, 15) is 18.4 Å². The lowest BCUT2D eigenvalue weighted by Gasteiger charge is -2.27. The van der Waals surface area contributed by atoms with E-state index in [0.717, 1.165) is 26.1 Å². The molecule has 0 spiro atoms. The molecule has 0 bridgehead atoms. The minimum Gasteiger partial charge on any atom is -0.494 e. The van der Waals surface area contributed by atoms with Gasteiger partial charge in [-0.05, 0) is 75.3 Å². The van der Waals surface area contributed by atoms with Crippen molar-refractivity contribution in [2.75, 3.05) is 32.8 Å². The minimum atomic E-state index is -4.15. The Morgan fingerprint density at radius 3 is 2.06 bits per heavy atom. The molecule has 0 saturated carbocycles. The van der Waals surface area contributed by atoms with Crippen molar-refractivity contribution in [1.82, 2.24) is 10.4 Å². The second-order valence-electron chi connectivity index (χ2n) is 8.13. The molecule has 0 heterocycles. The lowest BCUT2D eigenvalue weighted by molar-refractivity contribution is -0.131. The number of hydrogen-bond acceptors (Lipinski definition) is 7. The first kappa shape index (κ1) is 27.6. The number of ether oxygens (including phenoxy) is 2. The number of benzene rings is 2. The number of rotatable bonds is 14. The van der Waals surface area contributed by atoms with Crippen molar-refractivity contribution < 1.29 is 27.9 Å². The lowest BCUT2D eigenvalue weighted by atomic mass is 9.99. The van der Waals surface area contributed by atoms with Crippen molar-refractivity contribution in [2.45, 2.75) is 50.2 Å². The average molecular weight is 493 g/mol. The van der Waals surface area contributed by atoms with Gasteiger partial charge in [0.25, 0.3) is 5.91 Å². The molecule has 0 aliphatic carbocycles. The first-order chi connectivity index (χ1) is 16.2. The van der Waals surface area contributed by atoms with Crippen LogP contribution in [0.15, 0.2) is 53.4 Å². The molecule has 1 unspecified atom stereocenters. The number of sulfone groups is 1. The van der Waals surface area contributed by atoms with Gasteiger partial charge in [-0.2, -0.15) is 0 Å². The van der Waals surface area contributed by atoms with Crippen molar-refractivity contribution in [3.8, 4) is 11.5 Å². The summed E-state index contributed by atoms with van der Waals surface area (Å²) in [5.41, 5.74) is 2.15. The minimum absolute atomic E-state index is 0.0322. The van der Waals surface area contributed by atoms with Crippen LogP contribution in [-0.2, 0) is 21.1 Å². The number of amides is 1. The second kappa shape index (κ2) is 12.7. The molecule has 0 saturated heterocycles. The van der Waals surface area contributed by atoms with Crippen molar-refractivity contribution in [3.05, 3.63) is 54.1 Å². The maximum atomic E-state index is 13.4. The molecule has 0 radical (unpaired) electrons. The molecule has 2 rings (SSSR count). The molecule has 8 nitrogen and oxygen atoms in total. The normalized spacial score (nSPS) is 13.4. The van der Waals surface area contributed by atoms with E-state index in [1.54, 1.807) is 36.4 Å². The Labute approximate surface area is 202 Å². The molecule has 0 aliphatic heterocycles. The van der Waals surface area contributed by atoms with Gasteiger partial charge in [-0.15, -0.1) is 0 Å².